The number of amides is 2. The van der Waals surface area contributed by atoms with Crippen LogP contribution in [0.3, 0.4) is 0 Å². The van der Waals surface area contributed by atoms with Crippen molar-refractivity contribution in [2.75, 3.05) is 19.3 Å². The first-order valence-electron chi connectivity index (χ1n) is 4.55. The topological polar surface area (TPSA) is 58.4 Å². The molecule has 3 N–H and O–H groups in total. The Balaban J connectivity index is 2.32. The average Bonchev–Trinajstić information content (AvgIpc) is 2.49. The van der Waals surface area contributed by atoms with Crippen molar-refractivity contribution in [3.63, 3.8) is 0 Å². The van der Waals surface area contributed by atoms with Gasteiger partial charge in [0.2, 0.25) is 0 Å². The largest absolute Gasteiger partial charge is 0.398 e. The van der Waals surface area contributed by atoms with Crippen LogP contribution in [0.25, 0.3) is 0 Å². The lowest BCUT2D eigenvalue weighted by Crippen LogP contribution is -2.25. The van der Waals surface area contributed by atoms with Crippen LogP contribution >= 0.6 is 0 Å². The summed E-state index contributed by atoms with van der Waals surface area (Å²) in [5, 5.41) is 2.78. The lowest BCUT2D eigenvalue weighted by molar-refractivity contribution is 0.217. The summed E-state index contributed by atoms with van der Waals surface area (Å²) in [7, 11) is 1.78. The molecule has 0 radical (unpaired) electrons. The Labute approximate surface area is 82.7 Å². The number of carbonyl (C=O) groups excluding carboxylic acids is 1. The van der Waals surface area contributed by atoms with Crippen LogP contribution in [0.2, 0.25) is 0 Å². The van der Waals surface area contributed by atoms with Crippen LogP contribution in [0.5, 0.6) is 0 Å². The highest BCUT2D eigenvalue weighted by atomic mass is 16.2. The van der Waals surface area contributed by atoms with Crippen molar-refractivity contribution in [2.24, 2.45) is 0 Å². The minimum atomic E-state index is -0.0433. The molecule has 0 bridgehead atoms. The summed E-state index contributed by atoms with van der Waals surface area (Å²) < 4.78 is 0. The summed E-state index contributed by atoms with van der Waals surface area (Å²) >= 11 is 0. The second-order valence-electron chi connectivity index (χ2n) is 3.44. The van der Waals surface area contributed by atoms with Gasteiger partial charge in [0.15, 0.2) is 0 Å². The van der Waals surface area contributed by atoms with E-state index in [-0.39, 0.29) is 12.1 Å². The number of carbonyl (C=O) groups is 1. The predicted octanol–water partition coefficient (Wildman–Crippen LogP) is 0.965. The molecule has 0 aliphatic carbocycles. The zero-order chi connectivity index (χ0) is 10.1. The Hall–Kier alpha value is -1.71. The molecule has 2 rings (SSSR count). The third-order valence-electron chi connectivity index (χ3n) is 2.59. The molecule has 1 fully saturated rings. The molecule has 4 nitrogen and oxygen atoms in total. The fourth-order valence-corrected chi connectivity index (χ4v) is 1.72. The number of nitrogens with two attached hydrogens (primary N) is 1. The third kappa shape index (κ3) is 1.28. The van der Waals surface area contributed by atoms with Gasteiger partial charge in [0.25, 0.3) is 0 Å². The molecular formula is C10H13N3O. The molecule has 0 spiro atoms. The van der Waals surface area contributed by atoms with E-state index >= 15 is 0 Å². The quantitative estimate of drug-likeness (QED) is 0.650. The van der Waals surface area contributed by atoms with Gasteiger partial charge in [0.1, 0.15) is 0 Å². The highest BCUT2D eigenvalue weighted by Crippen LogP contribution is 2.26. The van der Waals surface area contributed by atoms with Gasteiger partial charge in [-0.15, -0.1) is 0 Å². The van der Waals surface area contributed by atoms with E-state index in [0.29, 0.717) is 6.54 Å². The molecule has 14 heavy (non-hydrogen) atoms. The van der Waals surface area contributed by atoms with Gasteiger partial charge in [-0.3, -0.25) is 0 Å². The van der Waals surface area contributed by atoms with Crippen molar-refractivity contribution < 1.29 is 4.79 Å². The first kappa shape index (κ1) is 8.87. The number of benzene rings is 1. The molecule has 1 aliphatic heterocycles. The molecule has 4 heteroatoms. The molecule has 1 aromatic rings. The number of rotatable bonds is 1. The minimum Gasteiger partial charge on any atom is -0.398 e. The van der Waals surface area contributed by atoms with Crippen LogP contribution in [-0.2, 0) is 0 Å². The number of likely N-dealkylation sites (N-methyl/N-ethyl adjacent to an activating group) is 1. The Morgan fingerprint density at radius 3 is 2.79 bits per heavy atom. The number of hydrogen-bond acceptors (Lipinski definition) is 2. The van der Waals surface area contributed by atoms with E-state index in [1.54, 1.807) is 11.9 Å². The van der Waals surface area contributed by atoms with Crippen molar-refractivity contribution in [1.29, 1.82) is 0 Å². The van der Waals surface area contributed by atoms with Crippen molar-refractivity contribution in [2.45, 2.75) is 6.04 Å². The van der Waals surface area contributed by atoms with Gasteiger partial charge < -0.3 is 16.0 Å². The molecule has 1 unspecified atom stereocenters. The van der Waals surface area contributed by atoms with Crippen LogP contribution in [0.1, 0.15) is 11.6 Å². The van der Waals surface area contributed by atoms with E-state index in [0.717, 1.165) is 11.3 Å². The Morgan fingerprint density at radius 1 is 1.50 bits per heavy atom. The van der Waals surface area contributed by atoms with E-state index in [9.17, 15) is 4.79 Å². The van der Waals surface area contributed by atoms with Crippen LogP contribution in [0.4, 0.5) is 10.5 Å². The maximum Gasteiger partial charge on any atom is 0.317 e. The normalized spacial score (nSPS) is 21.1. The number of para-hydroxylation sites is 1. The Morgan fingerprint density at radius 2 is 2.21 bits per heavy atom. The SMILES string of the molecule is CN1C(=O)NCC1c1ccccc1N. The monoisotopic (exact) mass is 191 g/mol. The summed E-state index contributed by atoms with van der Waals surface area (Å²) in [6.45, 7) is 0.629. The molecule has 1 atom stereocenters. The van der Waals surface area contributed by atoms with Crippen molar-refractivity contribution >= 4 is 11.7 Å². The van der Waals surface area contributed by atoms with Gasteiger partial charge in [-0.05, 0) is 11.6 Å². The number of urea groups is 1. The van der Waals surface area contributed by atoms with E-state index < -0.39 is 0 Å². The summed E-state index contributed by atoms with van der Waals surface area (Å²) in [6, 6.07) is 7.65. The lowest BCUT2D eigenvalue weighted by atomic mass is 10.1. The van der Waals surface area contributed by atoms with Gasteiger partial charge in [-0.2, -0.15) is 0 Å². The number of hydrogen-bond donors (Lipinski definition) is 2. The van der Waals surface area contributed by atoms with Gasteiger partial charge in [0, 0.05) is 19.3 Å². The Bertz CT molecular complexity index is 364. The second-order valence-corrected chi connectivity index (χ2v) is 3.44. The minimum absolute atomic E-state index is 0.0433. The van der Waals surface area contributed by atoms with Gasteiger partial charge in [-0.25, -0.2) is 4.79 Å². The van der Waals surface area contributed by atoms with E-state index in [1.165, 1.54) is 0 Å². The standard InChI is InChI=1S/C10H13N3O/c1-13-9(6-12-10(13)14)7-4-2-3-5-8(7)11/h2-5,9H,6,11H2,1H3,(H,12,14). The van der Waals surface area contributed by atoms with Crippen LogP contribution in [-0.4, -0.2) is 24.5 Å². The maximum atomic E-state index is 11.2. The summed E-state index contributed by atoms with van der Waals surface area (Å²) in [5.41, 5.74) is 7.59. The van der Waals surface area contributed by atoms with Crippen LogP contribution < -0.4 is 11.1 Å². The molecule has 1 saturated heterocycles. The number of nitrogen functional groups attached to an aromatic ring is 1. The molecule has 0 aromatic heterocycles. The smallest absolute Gasteiger partial charge is 0.317 e. The molecule has 1 aromatic carbocycles. The highest BCUT2D eigenvalue weighted by molar-refractivity contribution is 5.77. The third-order valence-corrected chi connectivity index (χ3v) is 2.59. The molecule has 1 heterocycles. The van der Waals surface area contributed by atoms with Gasteiger partial charge in [0.05, 0.1) is 6.04 Å². The first-order chi connectivity index (χ1) is 6.70. The summed E-state index contributed by atoms with van der Waals surface area (Å²) in [5.74, 6) is 0. The molecule has 2 amide bonds. The number of anilines is 1. The molecular weight excluding hydrogens is 178 g/mol. The molecule has 74 valence electrons. The van der Waals surface area contributed by atoms with Crippen molar-refractivity contribution in [3.05, 3.63) is 29.8 Å². The van der Waals surface area contributed by atoms with E-state index in [1.807, 2.05) is 24.3 Å². The van der Waals surface area contributed by atoms with Crippen molar-refractivity contribution in [1.82, 2.24) is 10.2 Å². The first-order valence-corrected chi connectivity index (χ1v) is 4.55. The fourth-order valence-electron chi connectivity index (χ4n) is 1.72. The highest BCUT2D eigenvalue weighted by Gasteiger charge is 2.29. The van der Waals surface area contributed by atoms with Crippen molar-refractivity contribution in [3.8, 4) is 0 Å². The molecule has 1 aliphatic rings. The average molecular weight is 191 g/mol. The zero-order valence-electron chi connectivity index (χ0n) is 8.03. The summed E-state index contributed by atoms with van der Waals surface area (Å²) in [4.78, 5) is 12.9. The fraction of sp³-hybridized carbons (Fsp3) is 0.300. The number of nitrogens with one attached hydrogen (secondary N) is 1. The van der Waals surface area contributed by atoms with E-state index in [4.69, 9.17) is 5.73 Å². The van der Waals surface area contributed by atoms with Crippen LogP contribution in [0, 0.1) is 0 Å². The van der Waals surface area contributed by atoms with E-state index in [2.05, 4.69) is 5.32 Å². The zero-order valence-corrected chi connectivity index (χ0v) is 8.03. The van der Waals surface area contributed by atoms with Gasteiger partial charge in [-0.1, -0.05) is 18.2 Å². The van der Waals surface area contributed by atoms with Crippen LogP contribution in [0.15, 0.2) is 24.3 Å². The van der Waals surface area contributed by atoms with Gasteiger partial charge >= 0.3 is 6.03 Å². The Kier molecular flexibility index (Phi) is 2.04. The summed E-state index contributed by atoms with van der Waals surface area (Å²) in [6.07, 6.45) is 0. The second kappa shape index (κ2) is 3.21. The maximum absolute atomic E-state index is 11.2. The predicted molar refractivity (Wildman–Crippen MR) is 54.8 cm³/mol. The lowest BCUT2D eigenvalue weighted by Gasteiger charge is -2.19. The number of nitrogens with zero attached hydrogens (tertiary/aromatic N) is 1. The molecule has 0 saturated carbocycles.